The van der Waals surface area contributed by atoms with Gasteiger partial charge in [-0.2, -0.15) is 0 Å². The molecule has 2 aromatic rings. The second kappa shape index (κ2) is 10.6. The van der Waals surface area contributed by atoms with Gasteiger partial charge in [-0.15, -0.1) is 0 Å². The van der Waals surface area contributed by atoms with Crippen molar-refractivity contribution < 1.29 is 14.3 Å². The highest BCUT2D eigenvalue weighted by molar-refractivity contribution is 5.90. The van der Waals surface area contributed by atoms with E-state index in [1.54, 1.807) is 0 Å². The number of nitrogens with one attached hydrogen (secondary N) is 1. The number of amides is 2. The normalized spacial score (nSPS) is 19.2. The zero-order chi connectivity index (χ0) is 22.3. The summed E-state index contributed by atoms with van der Waals surface area (Å²) in [6.07, 6.45) is 7.97. The molecule has 0 spiro atoms. The lowest BCUT2D eigenvalue weighted by Gasteiger charge is -2.22. The molecule has 0 radical (unpaired) electrons. The van der Waals surface area contributed by atoms with E-state index in [2.05, 4.69) is 16.3 Å². The summed E-state index contributed by atoms with van der Waals surface area (Å²) in [7, 11) is 0. The summed E-state index contributed by atoms with van der Waals surface area (Å²) in [5.41, 5.74) is 8.47. The average molecular weight is 436 g/mol. The van der Waals surface area contributed by atoms with E-state index in [1.165, 1.54) is 12.8 Å². The first kappa shape index (κ1) is 22.3. The van der Waals surface area contributed by atoms with E-state index < -0.39 is 0 Å². The Hall–Kier alpha value is -2.86. The molecule has 6 nitrogen and oxygen atoms in total. The smallest absolute Gasteiger partial charge is 0.234 e. The van der Waals surface area contributed by atoms with E-state index in [-0.39, 0.29) is 17.9 Å². The SMILES string of the molecule is NC(=O)C1CCCN1Cc1cccc(NC(=O)CCc2cccc(OC3CCCC3)c2)c1. The van der Waals surface area contributed by atoms with Crippen molar-refractivity contribution in [3.8, 4) is 5.75 Å². The lowest BCUT2D eigenvalue weighted by Crippen LogP contribution is -2.39. The fourth-order valence-corrected chi connectivity index (χ4v) is 4.77. The molecule has 1 saturated carbocycles. The first-order valence-corrected chi connectivity index (χ1v) is 11.7. The van der Waals surface area contributed by atoms with Crippen LogP contribution in [0.1, 0.15) is 56.1 Å². The summed E-state index contributed by atoms with van der Waals surface area (Å²) in [4.78, 5) is 26.3. The molecule has 3 N–H and O–H groups in total. The number of hydrogen-bond acceptors (Lipinski definition) is 4. The molecular formula is C26H33N3O3. The molecule has 0 bridgehead atoms. The van der Waals surface area contributed by atoms with E-state index in [9.17, 15) is 9.59 Å². The second-order valence-electron chi connectivity index (χ2n) is 8.95. The Morgan fingerprint density at radius 2 is 1.78 bits per heavy atom. The molecule has 1 aliphatic heterocycles. The summed E-state index contributed by atoms with van der Waals surface area (Å²) < 4.78 is 6.07. The molecule has 1 atom stereocenters. The van der Waals surface area contributed by atoms with Gasteiger partial charge in [0.25, 0.3) is 0 Å². The van der Waals surface area contributed by atoms with Crippen LogP contribution in [0.15, 0.2) is 48.5 Å². The highest BCUT2D eigenvalue weighted by atomic mass is 16.5. The van der Waals surface area contributed by atoms with Gasteiger partial charge in [-0.05, 0) is 86.9 Å². The molecule has 2 fully saturated rings. The minimum Gasteiger partial charge on any atom is -0.490 e. The molecule has 2 aliphatic rings. The summed E-state index contributed by atoms with van der Waals surface area (Å²) in [6.45, 7) is 1.53. The molecular weight excluding hydrogens is 402 g/mol. The van der Waals surface area contributed by atoms with Gasteiger partial charge >= 0.3 is 0 Å². The van der Waals surface area contributed by atoms with Gasteiger partial charge in [0, 0.05) is 18.7 Å². The van der Waals surface area contributed by atoms with Crippen LogP contribution in [0, 0.1) is 0 Å². The van der Waals surface area contributed by atoms with Crippen LogP contribution in [-0.2, 0) is 22.6 Å². The van der Waals surface area contributed by atoms with E-state index in [4.69, 9.17) is 10.5 Å². The highest BCUT2D eigenvalue weighted by Crippen LogP contribution is 2.25. The maximum Gasteiger partial charge on any atom is 0.234 e. The number of anilines is 1. The van der Waals surface area contributed by atoms with Gasteiger partial charge in [0.1, 0.15) is 5.75 Å². The molecule has 1 unspecified atom stereocenters. The quantitative estimate of drug-likeness (QED) is 0.623. The van der Waals surface area contributed by atoms with E-state index in [0.29, 0.717) is 25.5 Å². The average Bonchev–Trinajstić information content (AvgIpc) is 3.45. The third-order valence-electron chi connectivity index (χ3n) is 6.43. The van der Waals surface area contributed by atoms with Gasteiger partial charge in [0.2, 0.25) is 11.8 Å². The van der Waals surface area contributed by atoms with Crippen molar-refractivity contribution >= 4 is 17.5 Å². The number of carbonyl (C=O) groups is 2. The highest BCUT2D eigenvalue weighted by Gasteiger charge is 2.28. The fraction of sp³-hybridized carbons (Fsp3) is 0.462. The number of hydrogen-bond donors (Lipinski definition) is 2. The fourth-order valence-electron chi connectivity index (χ4n) is 4.77. The predicted molar refractivity (Wildman–Crippen MR) is 125 cm³/mol. The predicted octanol–water partition coefficient (Wildman–Crippen LogP) is 4.03. The number of nitrogens with two attached hydrogens (primary N) is 1. The first-order valence-electron chi connectivity index (χ1n) is 11.7. The maximum absolute atomic E-state index is 12.5. The number of benzene rings is 2. The maximum atomic E-state index is 12.5. The molecule has 4 rings (SSSR count). The standard InChI is InChI=1S/C26H33N3O3/c27-26(31)24-12-5-15-29(24)18-20-7-3-8-21(16-20)28-25(30)14-13-19-6-4-11-23(17-19)32-22-9-1-2-10-22/h3-4,6-8,11,16-17,22,24H,1-2,5,9-10,12-15,18H2,(H2,27,31)(H,28,30). The van der Waals surface area contributed by atoms with Crippen LogP contribution in [-0.4, -0.2) is 35.4 Å². The van der Waals surface area contributed by atoms with E-state index in [1.807, 2.05) is 42.5 Å². The van der Waals surface area contributed by atoms with Crippen molar-refractivity contribution in [2.45, 2.75) is 70.1 Å². The Bertz CT molecular complexity index is 939. The van der Waals surface area contributed by atoms with Gasteiger partial charge in [0.15, 0.2) is 0 Å². The van der Waals surface area contributed by atoms with Crippen LogP contribution in [0.5, 0.6) is 5.75 Å². The number of rotatable bonds is 9. The second-order valence-corrected chi connectivity index (χ2v) is 8.95. The van der Waals surface area contributed by atoms with Crippen LogP contribution in [0.4, 0.5) is 5.69 Å². The molecule has 170 valence electrons. The van der Waals surface area contributed by atoms with Gasteiger partial charge in [0.05, 0.1) is 12.1 Å². The third kappa shape index (κ3) is 6.10. The zero-order valence-corrected chi connectivity index (χ0v) is 18.6. The summed E-state index contributed by atoms with van der Waals surface area (Å²) in [6, 6.07) is 15.7. The van der Waals surface area contributed by atoms with Gasteiger partial charge in [-0.25, -0.2) is 0 Å². The largest absolute Gasteiger partial charge is 0.490 e. The van der Waals surface area contributed by atoms with Crippen molar-refractivity contribution in [1.82, 2.24) is 4.90 Å². The molecule has 32 heavy (non-hydrogen) atoms. The molecule has 1 aliphatic carbocycles. The topological polar surface area (TPSA) is 84.7 Å². The zero-order valence-electron chi connectivity index (χ0n) is 18.6. The summed E-state index contributed by atoms with van der Waals surface area (Å²) >= 11 is 0. The number of ether oxygens (including phenoxy) is 1. The molecule has 1 saturated heterocycles. The van der Waals surface area contributed by atoms with E-state index >= 15 is 0 Å². The van der Waals surface area contributed by atoms with Crippen LogP contribution in [0.3, 0.4) is 0 Å². The van der Waals surface area contributed by atoms with Crippen molar-refractivity contribution in [3.05, 3.63) is 59.7 Å². The summed E-state index contributed by atoms with van der Waals surface area (Å²) in [5, 5.41) is 3.00. The van der Waals surface area contributed by atoms with Crippen molar-refractivity contribution in [2.24, 2.45) is 5.73 Å². The van der Waals surface area contributed by atoms with E-state index in [0.717, 1.165) is 54.8 Å². The molecule has 2 aromatic carbocycles. The van der Waals surface area contributed by atoms with Crippen LogP contribution in [0.2, 0.25) is 0 Å². The lowest BCUT2D eigenvalue weighted by atomic mass is 10.1. The summed E-state index contributed by atoms with van der Waals surface area (Å²) in [5.74, 6) is 0.629. The Morgan fingerprint density at radius 1 is 1.00 bits per heavy atom. The molecule has 1 heterocycles. The monoisotopic (exact) mass is 435 g/mol. The Kier molecular flexibility index (Phi) is 7.43. The number of nitrogens with zero attached hydrogens (tertiary/aromatic N) is 1. The van der Waals surface area contributed by atoms with Crippen LogP contribution in [0.25, 0.3) is 0 Å². The number of primary amides is 1. The molecule has 6 heteroatoms. The Morgan fingerprint density at radius 3 is 2.59 bits per heavy atom. The molecule has 0 aromatic heterocycles. The minimum absolute atomic E-state index is 0.0135. The number of carbonyl (C=O) groups excluding carboxylic acids is 2. The van der Waals surface area contributed by atoms with Crippen molar-refractivity contribution in [2.75, 3.05) is 11.9 Å². The van der Waals surface area contributed by atoms with Gasteiger partial charge < -0.3 is 15.8 Å². The lowest BCUT2D eigenvalue weighted by molar-refractivity contribution is -0.122. The third-order valence-corrected chi connectivity index (χ3v) is 6.43. The first-order chi connectivity index (χ1) is 15.6. The van der Waals surface area contributed by atoms with Crippen molar-refractivity contribution in [3.63, 3.8) is 0 Å². The number of aryl methyl sites for hydroxylation is 1. The van der Waals surface area contributed by atoms with Gasteiger partial charge in [-0.3, -0.25) is 14.5 Å². The Balaban J connectivity index is 1.28. The van der Waals surface area contributed by atoms with Crippen LogP contribution < -0.4 is 15.8 Å². The van der Waals surface area contributed by atoms with Gasteiger partial charge in [-0.1, -0.05) is 24.3 Å². The Labute approximate surface area is 190 Å². The number of likely N-dealkylation sites (tertiary alicyclic amines) is 1. The van der Waals surface area contributed by atoms with Crippen LogP contribution >= 0.6 is 0 Å². The van der Waals surface area contributed by atoms with Crippen molar-refractivity contribution in [1.29, 1.82) is 0 Å². The molecule has 2 amide bonds. The minimum atomic E-state index is -0.260.